The molecule has 2 aromatic heterocycles. The lowest BCUT2D eigenvalue weighted by molar-refractivity contribution is -0.122. The molecule has 2 saturated heterocycles. The van der Waals surface area contributed by atoms with Crippen LogP contribution in [-0.2, 0) is 16.1 Å². The molecule has 1 spiro atoms. The van der Waals surface area contributed by atoms with Gasteiger partial charge in [0.05, 0.1) is 18.8 Å². The number of carbonyl (C=O) groups excluding carboxylic acids is 1. The second-order valence-corrected chi connectivity index (χ2v) is 8.29. The Kier molecular flexibility index (Phi) is 5.79. The van der Waals surface area contributed by atoms with Crippen LogP contribution in [0.3, 0.4) is 0 Å². The minimum Gasteiger partial charge on any atom is -0.424 e. The van der Waals surface area contributed by atoms with E-state index in [9.17, 15) is 4.79 Å². The Morgan fingerprint density at radius 1 is 1.12 bits per heavy atom. The van der Waals surface area contributed by atoms with Gasteiger partial charge in [0.1, 0.15) is 5.75 Å². The maximum absolute atomic E-state index is 12.4. The SMILES string of the molecule is O=C1CCOC[C@]2(CN(Cc3ccc(Oc4ncccn4)cc3)C[C@H]2c2cccnc2)N1. The molecule has 1 N–H and O–H groups in total. The zero-order valence-electron chi connectivity index (χ0n) is 17.7. The first-order valence-electron chi connectivity index (χ1n) is 10.8. The molecule has 164 valence electrons. The third-order valence-corrected chi connectivity index (χ3v) is 6.00. The van der Waals surface area contributed by atoms with E-state index in [1.165, 1.54) is 0 Å². The van der Waals surface area contributed by atoms with Gasteiger partial charge >= 0.3 is 6.01 Å². The number of pyridine rings is 1. The molecule has 32 heavy (non-hydrogen) atoms. The maximum atomic E-state index is 12.4. The third-order valence-electron chi connectivity index (χ3n) is 6.00. The average molecular weight is 431 g/mol. The Bertz CT molecular complexity index is 1050. The van der Waals surface area contributed by atoms with E-state index in [2.05, 4.69) is 31.2 Å². The molecule has 0 saturated carbocycles. The molecule has 3 aromatic rings. The average Bonchev–Trinajstić information content (AvgIpc) is 3.05. The van der Waals surface area contributed by atoms with Gasteiger partial charge in [0, 0.05) is 56.8 Å². The van der Waals surface area contributed by atoms with Crippen molar-refractivity contribution in [1.29, 1.82) is 0 Å². The van der Waals surface area contributed by atoms with E-state index in [4.69, 9.17) is 9.47 Å². The lowest BCUT2D eigenvalue weighted by atomic mass is 9.83. The molecule has 8 heteroatoms. The Morgan fingerprint density at radius 2 is 1.97 bits per heavy atom. The number of ether oxygens (including phenoxy) is 2. The van der Waals surface area contributed by atoms with E-state index in [1.54, 1.807) is 24.7 Å². The summed E-state index contributed by atoms with van der Waals surface area (Å²) in [6.07, 6.45) is 7.36. The van der Waals surface area contributed by atoms with E-state index in [0.717, 1.165) is 24.2 Å². The number of hydrogen-bond acceptors (Lipinski definition) is 7. The fourth-order valence-electron chi connectivity index (χ4n) is 4.57. The van der Waals surface area contributed by atoms with Gasteiger partial charge < -0.3 is 14.8 Å². The Hall–Kier alpha value is -3.36. The van der Waals surface area contributed by atoms with E-state index < -0.39 is 5.54 Å². The van der Waals surface area contributed by atoms with Crippen molar-refractivity contribution in [3.05, 3.63) is 78.4 Å². The van der Waals surface area contributed by atoms with Crippen LogP contribution < -0.4 is 10.1 Å². The summed E-state index contributed by atoms with van der Waals surface area (Å²) in [6, 6.07) is 14.0. The summed E-state index contributed by atoms with van der Waals surface area (Å²) >= 11 is 0. The number of aromatic nitrogens is 3. The molecule has 4 heterocycles. The van der Waals surface area contributed by atoms with Gasteiger partial charge in [0.2, 0.25) is 5.91 Å². The first-order chi connectivity index (χ1) is 15.7. The molecule has 5 rings (SSSR count). The highest BCUT2D eigenvalue weighted by Gasteiger charge is 2.49. The van der Waals surface area contributed by atoms with Crippen molar-refractivity contribution < 1.29 is 14.3 Å². The van der Waals surface area contributed by atoms with E-state index in [1.807, 2.05) is 36.5 Å². The number of amides is 1. The minimum atomic E-state index is -0.454. The van der Waals surface area contributed by atoms with Crippen LogP contribution >= 0.6 is 0 Å². The van der Waals surface area contributed by atoms with Gasteiger partial charge in [-0.1, -0.05) is 18.2 Å². The van der Waals surface area contributed by atoms with Crippen LogP contribution in [0.2, 0.25) is 0 Å². The summed E-state index contributed by atoms with van der Waals surface area (Å²) in [5.74, 6) is 0.842. The summed E-state index contributed by atoms with van der Waals surface area (Å²) < 4.78 is 11.6. The van der Waals surface area contributed by atoms with Gasteiger partial charge in [0.15, 0.2) is 0 Å². The molecule has 2 atom stereocenters. The largest absolute Gasteiger partial charge is 0.424 e. The summed E-state index contributed by atoms with van der Waals surface area (Å²) in [5.41, 5.74) is 1.83. The van der Waals surface area contributed by atoms with Crippen LogP contribution in [0.15, 0.2) is 67.3 Å². The van der Waals surface area contributed by atoms with Crippen LogP contribution in [0.25, 0.3) is 0 Å². The van der Waals surface area contributed by atoms with Gasteiger partial charge in [-0.05, 0) is 35.4 Å². The predicted octanol–water partition coefficient (Wildman–Crippen LogP) is 2.54. The number of benzene rings is 1. The van der Waals surface area contributed by atoms with E-state index >= 15 is 0 Å². The molecule has 0 bridgehead atoms. The van der Waals surface area contributed by atoms with Gasteiger partial charge in [-0.3, -0.25) is 14.7 Å². The molecule has 1 aromatic carbocycles. The number of likely N-dealkylation sites (tertiary alicyclic amines) is 1. The van der Waals surface area contributed by atoms with Gasteiger partial charge in [-0.15, -0.1) is 0 Å². The van der Waals surface area contributed by atoms with Crippen molar-refractivity contribution >= 4 is 5.91 Å². The third kappa shape index (κ3) is 4.46. The van der Waals surface area contributed by atoms with Gasteiger partial charge in [-0.2, -0.15) is 0 Å². The summed E-state index contributed by atoms with van der Waals surface area (Å²) in [5, 5.41) is 3.29. The number of rotatable bonds is 5. The highest BCUT2D eigenvalue weighted by Crippen LogP contribution is 2.38. The van der Waals surface area contributed by atoms with Crippen molar-refractivity contribution in [3.8, 4) is 11.8 Å². The lowest BCUT2D eigenvalue weighted by Gasteiger charge is -2.34. The van der Waals surface area contributed by atoms with Crippen molar-refractivity contribution in [2.24, 2.45) is 0 Å². The van der Waals surface area contributed by atoms with Crippen LogP contribution in [0, 0.1) is 0 Å². The number of hydrogen-bond donors (Lipinski definition) is 1. The monoisotopic (exact) mass is 431 g/mol. The topological polar surface area (TPSA) is 89.5 Å². The molecule has 0 radical (unpaired) electrons. The second-order valence-electron chi connectivity index (χ2n) is 8.29. The normalized spacial score (nSPS) is 23.6. The van der Waals surface area contributed by atoms with Crippen LogP contribution in [0.4, 0.5) is 0 Å². The number of carbonyl (C=O) groups is 1. The van der Waals surface area contributed by atoms with E-state index in [-0.39, 0.29) is 11.8 Å². The lowest BCUT2D eigenvalue weighted by Crippen LogP contribution is -2.55. The number of nitrogens with zero attached hydrogens (tertiary/aromatic N) is 4. The molecule has 2 aliphatic rings. The van der Waals surface area contributed by atoms with Crippen molar-refractivity contribution in [1.82, 2.24) is 25.2 Å². The van der Waals surface area contributed by atoms with Crippen LogP contribution in [0.5, 0.6) is 11.8 Å². The molecule has 0 unspecified atom stereocenters. The number of nitrogens with one attached hydrogen (secondary N) is 1. The first kappa shape index (κ1) is 20.5. The summed E-state index contributed by atoms with van der Waals surface area (Å²) in [7, 11) is 0. The maximum Gasteiger partial charge on any atom is 0.321 e. The molecule has 2 fully saturated rings. The molecular weight excluding hydrogens is 406 g/mol. The smallest absolute Gasteiger partial charge is 0.321 e. The minimum absolute atomic E-state index is 0.0443. The molecule has 0 aliphatic carbocycles. The Balaban J connectivity index is 1.32. The zero-order valence-corrected chi connectivity index (χ0v) is 17.7. The van der Waals surface area contributed by atoms with Gasteiger partial charge in [-0.25, -0.2) is 9.97 Å². The highest BCUT2D eigenvalue weighted by atomic mass is 16.5. The highest BCUT2D eigenvalue weighted by molar-refractivity contribution is 5.77. The standard InChI is InChI=1S/C24H25N5O3/c30-22-8-12-31-17-24(28-22)16-29(15-21(24)19-3-1-9-25-13-19)14-18-4-6-20(7-5-18)32-23-26-10-2-11-27-23/h1-7,9-11,13,21H,8,12,14-17H2,(H,28,30)/t21-,24-/m0/s1. The Labute approximate surface area is 186 Å². The van der Waals surface area contributed by atoms with Gasteiger partial charge in [0.25, 0.3) is 0 Å². The molecule has 8 nitrogen and oxygen atoms in total. The summed E-state index contributed by atoms with van der Waals surface area (Å²) in [4.78, 5) is 27.3. The Morgan fingerprint density at radius 3 is 2.75 bits per heavy atom. The zero-order chi connectivity index (χ0) is 21.8. The van der Waals surface area contributed by atoms with Crippen LogP contribution in [0.1, 0.15) is 23.5 Å². The predicted molar refractivity (Wildman–Crippen MR) is 117 cm³/mol. The molecule has 1 amide bonds. The second kappa shape index (κ2) is 9.02. The first-order valence-corrected chi connectivity index (χ1v) is 10.8. The fraction of sp³-hybridized carbons (Fsp3) is 0.333. The van der Waals surface area contributed by atoms with E-state index in [0.29, 0.717) is 37.9 Å². The molecule has 2 aliphatic heterocycles. The molecular formula is C24H25N5O3. The quantitative estimate of drug-likeness (QED) is 0.664. The van der Waals surface area contributed by atoms with Crippen LogP contribution in [-0.4, -0.2) is 57.6 Å². The van der Waals surface area contributed by atoms with Crippen molar-refractivity contribution in [2.75, 3.05) is 26.3 Å². The summed E-state index contributed by atoms with van der Waals surface area (Å²) in [6.45, 7) is 3.24. The van der Waals surface area contributed by atoms with Crippen molar-refractivity contribution in [3.63, 3.8) is 0 Å². The fourth-order valence-corrected chi connectivity index (χ4v) is 4.57. The van der Waals surface area contributed by atoms with Crippen molar-refractivity contribution in [2.45, 2.75) is 24.4 Å².